The Bertz CT molecular complexity index is 582. The van der Waals surface area contributed by atoms with Gasteiger partial charge in [0, 0.05) is 6.04 Å². The molecular formula is C10H11ClN4O. The smallest absolute Gasteiger partial charge is 0.280 e. The SMILES string of the molecule is O=c1[nH]c(Cl)nc2c1ncn2C1CCCC1. The number of hydrogen-bond donors (Lipinski definition) is 1. The topological polar surface area (TPSA) is 63.6 Å². The summed E-state index contributed by atoms with van der Waals surface area (Å²) in [6.45, 7) is 0. The molecule has 2 aromatic rings. The highest BCUT2D eigenvalue weighted by Gasteiger charge is 2.20. The molecule has 0 saturated heterocycles. The van der Waals surface area contributed by atoms with Crippen molar-refractivity contribution in [1.29, 1.82) is 0 Å². The van der Waals surface area contributed by atoms with Crippen LogP contribution in [0.4, 0.5) is 0 Å². The number of halogens is 1. The van der Waals surface area contributed by atoms with Gasteiger partial charge in [0.2, 0.25) is 5.28 Å². The summed E-state index contributed by atoms with van der Waals surface area (Å²) in [6, 6.07) is 0.412. The van der Waals surface area contributed by atoms with Crippen molar-refractivity contribution in [2.24, 2.45) is 0 Å². The van der Waals surface area contributed by atoms with Gasteiger partial charge >= 0.3 is 0 Å². The molecule has 0 bridgehead atoms. The molecule has 1 N–H and O–H groups in total. The van der Waals surface area contributed by atoms with Crippen molar-refractivity contribution in [2.75, 3.05) is 0 Å². The zero-order valence-corrected chi connectivity index (χ0v) is 9.37. The Morgan fingerprint density at radius 3 is 2.94 bits per heavy atom. The zero-order chi connectivity index (χ0) is 11.1. The Labute approximate surface area is 96.5 Å². The molecule has 2 aromatic heterocycles. The van der Waals surface area contributed by atoms with Gasteiger partial charge in [-0.05, 0) is 24.4 Å². The Balaban J connectivity index is 2.22. The van der Waals surface area contributed by atoms with Crippen LogP contribution in [-0.4, -0.2) is 19.5 Å². The summed E-state index contributed by atoms with van der Waals surface area (Å²) < 4.78 is 1.98. The van der Waals surface area contributed by atoms with Gasteiger partial charge in [0.05, 0.1) is 6.33 Å². The first-order valence-electron chi connectivity index (χ1n) is 5.38. The first-order chi connectivity index (χ1) is 7.75. The maximum atomic E-state index is 11.6. The normalized spacial score (nSPS) is 17.3. The van der Waals surface area contributed by atoms with Crippen molar-refractivity contribution >= 4 is 22.8 Å². The second kappa shape index (κ2) is 3.59. The molecule has 0 atom stereocenters. The van der Waals surface area contributed by atoms with E-state index in [0.717, 1.165) is 12.8 Å². The minimum Gasteiger partial charge on any atom is -0.312 e. The fourth-order valence-electron chi connectivity index (χ4n) is 2.35. The quantitative estimate of drug-likeness (QED) is 0.772. The van der Waals surface area contributed by atoms with Crippen molar-refractivity contribution in [3.05, 3.63) is 22.0 Å². The number of hydrogen-bond acceptors (Lipinski definition) is 3. The molecule has 1 saturated carbocycles. The van der Waals surface area contributed by atoms with Crippen LogP contribution in [0.5, 0.6) is 0 Å². The monoisotopic (exact) mass is 238 g/mol. The molecular weight excluding hydrogens is 228 g/mol. The zero-order valence-electron chi connectivity index (χ0n) is 8.61. The average Bonchev–Trinajstić information content (AvgIpc) is 2.83. The molecule has 0 unspecified atom stereocenters. The first-order valence-corrected chi connectivity index (χ1v) is 5.76. The van der Waals surface area contributed by atoms with Gasteiger partial charge in [-0.1, -0.05) is 12.8 Å². The van der Waals surface area contributed by atoms with Crippen LogP contribution in [0, 0.1) is 0 Å². The van der Waals surface area contributed by atoms with Crippen molar-refractivity contribution in [3.8, 4) is 0 Å². The van der Waals surface area contributed by atoms with E-state index in [1.165, 1.54) is 12.8 Å². The van der Waals surface area contributed by atoms with Crippen molar-refractivity contribution in [3.63, 3.8) is 0 Å². The number of fused-ring (bicyclic) bond motifs is 1. The molecule has 3 rings (SSSR count). The van der Waals surface area contributed by atoms with Crippen LogP contribution in [0.3, 0.4) is 0 Å². The minimum absolute atomic E-state index is 0.122. The minimum atomic E-state index is -0.272. The summed E-state index contributed by atoms with van der Waals surface area (Å²) in [6.07, 6.45) is 6.39. The Morgan fingerprint density at radius 2 is 2.19 bits per heavy atom. The molecule has 84 valence electrons. The van der Waals surface area contributed by atoms with E-state index in [9.17, 15) is 4.79 Å². The van der Waals surface area contributed by atoms with Crippen molar-refractivity contribution in [2.45, 2.75) is 31.7 Å². The van der Waals surface area contributed by atoms with Gasteiger partial charge < -0.3 is 4.57 Å². The Hall–Kier alpha value is -1.36. The molecule has 5 nitrogen and oxygen atoms in total. The predicted molar refractivity (Wildman–Crippen MR) is 60.7 cm³/mol. The Morgan fingerprint density at radius 1 is 1.44 bits per heavy atom. The lowest BCUT2D eigenvalue weighted by Gasteiger charge is -2.10. The summed E-state index contributed by atoms with van der Waals surface area (Å²) in [5, 5.41) is 0.122. The summed E-state index contributed by atoms with van der Waals surface area (Å²) in [5.74, 6) is 0. The number of H-pyrrole nitrogens is 1. The molecule has 0 aliphatic heterocycles. The van der Waals surface area contributed by atoms with Crippen molar-refractivity contribution in [1.82, 2.24) is 19.5 Å². The van der Waals surface area contributed by atoms with E-state index in [1.807, 2.05) is 4.57 Å². The number of aromatic amines is 1. The number of nitrogens with zero attached hydrogens (tertiary/aromatic N) is 3. The van der Waals surface area contributed by atoms with Crippen LogP contribution in [-0.2, 0) is 0 Å². The standard InChI is InChI=1S/C10H11ClN4O/c11-10-13-8-7(9(16)14-10)12-5-15(8)6-3-1-2-4-6/h5-6H,1-4H2,(H,13,14,16). The Kier molecular flexibility index (Phi) is 2.21. The third-order valence-corrected chi connectivity index (χ3v) is 3.30. The summed E-state index contributed by atoms with van der Waals surface area (Å²) in [4.78, 5) is 22.3. The van der Waals surface area contributed by atoms with Gasteiger partial charge in [-0.3, -0.25) is 9.78 Å². The van der Waals surface area contributed by atoms with Crippen molar-refractivity contribution < 1.29 is 0 Å². The second-order valence-corrected chi connectivity index (χ2v) is 4.48. The third-order valence-electron chi connectivity index (χ3n) is 3.12. The van der Waals surface area contributed by atoms with Crippen LogP contribution in [0.25, 0.3) is 11.2 Å². The van der Waals surface area contributed by atoms with E-state index in [0.29, 0.717) is 17.2 Å². The lowest BCUT2D eigenvalue weighted by Crippen LogP contribution is -2.10. The van der Waals surface area contributed by atoms with Gasteiger partial charge in [-0.25, -0.2) is 4.98 Å². The van der Waals surface area contributed by atoms with E-state index in [2.05, 4.69) is 15.0 Å². The maximum absolute atomic E-state index is 11.6. The maximum Gasteiger partial charge on any atom is 0.280 e. The van der Waals surface area contributed by atoms with Gasteiger partial charge in [-0.15, -0.1) is 0 Å². The number of nitrogens with one attached hydrogen (secondary N) is 1. The molecule has 0 radical (unpaired) electrons. The molecule has 0 aromatic carbocycles. The van der Waals surface area contributed by atoms with E-state index >= 15 is 0 Å². The summed E-state index contributed by atoms with van der Waals surface area (Å²) >= 11 is 5.75. The van der Waals surface area contributed by atoms with E-state index < -0.39 is 0 Å². The van der Waals surface area contributed by atoms with Gasteiger partial charge in [0.1, 0.15) is 0 Å². The molecule has 2 heterocycles. The molecule has 6 heteroatoms. The molecule has 0 spiro atoms. The second-order valence-electron chi connectivity index (χ2n) is 4.12. The summed E-state index contributed by atoms with van der Waals surface area (Å²) in [5.41, 5.74) is 0.698. The van der Waals surface area contributed by atoms with Crippen LogP contribution in [0.2, 0.25) is 5.28 Å². The van der Waals surface area contributed by atoms with Crippen LogP contribution < -0.4 is 5.56 Å². The molecule has 0 amide bonds. The molecule has 1 aliphatic carbocycles. The van der Waals surface area contributed by atoms with Crippen LogP contribution >= 0.6 is 11.6 Å². The number of aromatic nitrogens is 4. The predicted octanol–water partition coefficient (Wildman–Crippen LogP) is 1.89. The molecule has 1 aliphatic rings. The average molecular weight is 239 g/mol. The fourth-order valence-corrected chi connectivity index (χ4v) is 2.51. The highest BCUT2D eigenvalue weighted by atomic mass is 35.5. The summed E-state index contributed by atoms with van der Waals surface area (Å²) in [7, 11) is 0. The van der Waals surface area contributed by atoms with Crippen LogP contribution in [0.1, 0.15) is 31.7 Å². The van der Waals surface area contributed by atoms with Gasteiger partial charge in [0.15, 0.2) is 11.2 Å². The van der Waals surface area contributed by atoms with E-state index in [4.69, 9.17) is 11.6 Å². The molecule has 16 heavy (non-hydrogen) atoms. The van der Waals surface area contributed by atoms with E-state index in [-0.39, 0.29) is 10.8 Å². The largest absolute Gasteiger partial charge is 0.312 e. The first kappa shape index (κ1) is 9.84. The highest BCUT2D eigenvalue weighted by Crippen LogP contribution is 2.30. The lowest BCUT2D eigenvalue weighted by molar-refractivity contribution is 0.529. The van der Waals surface area contributed by atoms with E-state index in [1.54, 1.807) is 6.33 Å². The highest BCUT2D eigenvalue weighted by molar-refractivity contribution is 6.28. The van der Waals surface area contributed by atoms with Gasteiger partial charge in [0.25, 0.3) is 5.56 Å². The molecule has 1 fully saturated rings. The third kappa shape index (κ3) is 1.43. The van der Waals surface area contributed by atoms with Crippen LogP contribution in [0.15, 0.2) is 11.1 Å². The number of imidazole rings is 1. The van der Waals surface area contributed by atoms with Gasteiger partial charge in [-0.2, -0.15) is 4.98 Å². The number of rotatable bonds is 1. The fraction of sp³-hybridized carbons (Fsp3) is 0.500. The lowest BCUT2D eigenvalue weighted by atomic mass is 10.2.